The Hall–Kier alpha value is -0.420. The number of rotatable bonds is 5. The van der Waals surface area contributed by atoms with Gasteiger partial charge in [-0.15, -0.1) is 11.3 Å². The molecule has 0 saturated heterocycles. The van der Waals surface area contributed by atoms with Crippen LogP contribution in [0.4, 0.5) is 4.39 Å². The largest absolute Gasteiger partial charge is 0.306 e. The van der Waals surface area contributed by atoms with Crippen molar-refractivity contribution in [1.82, 2.24) is 5.32 Å². The molecular weight excluding hydrogens is 361 g/mol. The van der Waals surface area contributed by atoms with E-state index in [0.29, 0.717) is 0 Å². The summed E-state index contributed by atoms with van der Waals surface area (Å²) < 4.78 is 15.2. The topological polar surface area (TPSA) is 12.0 Å². The summed E-state index contributed by atoms with van der Waals surface area (Å²) in [7, 11) is 0. The Bertz CT molecular complexity index is 580. The Labute approximate surface area is 136 Å². The normalized spacial score (nSPS) is 12.7. The molecular formula is C15H16BrClFNS. The van der Waals surface area contributed by atoms with Gasteiger partial charge in [-0.2, -0.15) is 0 Å². The van der Waals surface area contributed by atoms with Crippen LogP contribution in [0.5, 0.6) is 0 Å². The van der Waals surface area contributed by atoms with Crippen molar-refractivity contribution in [3.8, 4) is 0 Å². The van der Waals surface area contributed by atoms with Crippen LogP contribution < -0.4 is 5.32 Å². The van der Waals surface area contributed by atoms with E-state index in [0.717, 1.165) is 37.8 Å². The molecule has 0 radical (unpaired) electrons. The zero-order chi connectivity index (χ0) is 14.7. The molecule has 0 aliphatic rings. The van der Waals surface area contributed by atoms with Crippen LogP contribution in [-0.2, 0) is 0 Å². The van der Waals surface area contributed by atoms with Crippen molar-refractivity contribution < 1.29 is 4.39 Å². The molecule has 0 fully saturated rings. The van der Waals surface area contributed by atoms with Crippen molar-refractivity contribution >= 4 is 38.9 Å². The molecule has 2 aromatic rings. The Morgan fingerprint density at radius 2 is 2.15 bits per heavy atom. The van der Waals surface area contributed by atoms with E-state index in [1.807, 2.05) is 6.92 Å². The fourth-order valence-electron chi connectivity index (χ4n) is 2.01. The maximum absolute atomic E-state index is 13.6. The number of thiophene rings is 1. The van der Waals surface area contributed by atoms with Gasteiger partial charge in [-0.25, -0.2) is 4.39 Å². The van der Waals surface area contributed by atoms with E-state index < -0.39 is 0 Å². The Morgan fingerprint density at radius 3 is 2.75 bits per heavy atom. The number of benzene rings is 1. The molecule has 1 aromatic heterocycles. The molecule has 0 aliphatic carbocycles. The standard InChI is InChI=1S/C15H16BrClFNS/c1-3-6-19-14(13-7-9(2)15(17)20-13)11-8-10(18)4-5-12(11)16/h4-5,7-8,14,19H,3,6H2,1-2H3. The summed E-state index contributed by atoms with van der Waals surface area (Å²) in [6.07, 6.45) is 1.02. The van der Waals surface area contributed by atoms with Crippen molar-refractivity contribution in [3.05, 3.63) is 54.9 Å². The summed E-state index contributed by atoms with van der Waals surface area (Å²) in [6, 6.07) is 6.79. The SMILES string of the molecule is CCCNC(c1cc(C)c(Cl)s1)c1cc(F)ccc1Br. The average molecular weight is 377 g/mol. The monoisotopic (exact) mass is 375 g/mol. The highest BCUT2D eigenvalue weighted by atomic mass is 79.9. The predicted molar refractivity (Wildman–Crippen MR) is 88.3 cm³/mol. The summed E-state index contributed by atoms with van der Waals surface area (Å²) in [5.74, 6) is -0.231. The second-order valence-electron chi connectivity index (χ2n) is 4.66. The van der Waals surface area contributed by atoms with Gasteiger partial charge in [0, 0.05) is 9.35 Å². The Kier molecular flexibility index (Phi) is 5.61. The molecule has 2 rings (SSSR count). The van der Waals surface area contributed by atoms with Gasteiger partial charge >= 0.3 is 0 Å². The van der Waals surface area contributed by atoms with Crippen molar-refractivity contribution in [2.75, 3.05) is 6.54 Å². The minimum Gasteiger partial charge on any atom is -0.306 e. The third kappa shape index (κ3) is 3.61. The molecule has 0 aliphatic heterocycles. The molecule has 1 nitrogen and oxygen atoms in total. The van der Waals surface area contributed by atoms with Crippen molar-refractivity contribution in [2.45, 2.75) is 26.3 Å². The minimum absolute atomic E-state index is 0.0452. The van der Waals surface area contributed by atoms with E-state index in [9.17, 15) is 4.39 Å². The first-order chi connectivity index (χ1) is 9.52. The summed E-state index contributed by atoms with van der Waals surface area (Å²) >= 11 is 11.2. The maximum Gasteiger partial charge on any atom is 0.123 e. The van der Waals surface area contributed by atoms with E-state index in [1.165, 1.54) is 6.07 Å². The first-order valence-electron chi connectivity index (χ1n) is 6.47. The van der Waals surface area contributed by atoms with Crippen LogP contribution in [0.2, 0.25) is 4.34 Å². The lowest BCUT2D eigenvalue weighted by molar-refractivity contribution is 0.589. The van der Waals surface area contributed by atoms with Gasteiger partial charge in [-0.05, 0) is 55.3 Å². The van der Waals surface area contributed by atoms with Gasteiger partial charge in [0.15, 0.2) is 0 Å². The molecule has 1 atom stereocenters. The molecule has 0 spiro atoms. The van der Waals surface area contributed by atoms with E-state index in [2.05, 4.69) is 34.2 Å². The number of aryl methyl sites for hydroxylation is 1. The molecule has 0 saturated carbocycles. The van der Waals surface area contributed by atoms with E-state index >= 15 is 0 Å². The molecule has 1 N–H and O–H groups in total. The smallest absolute Gasteiger partial charge is 0.123 e. The summed E-state index contributed by atoms with van der Waals surface area (Å²) in [5, 5.41) is 3.47. The van der Waals surface area contributed by atoms with Gasteiger partial charge in [0.25, 0.3) is 0 Å². The fourth-order valence-corrected chi connectivity index (χ4v) is 3.80. The lowest BCUT2D eigenvalue weighted by Crippen LogP contribution is -2.22. The van der Waals surface area contributed by atoms with Crippen LogP contribution in [0.25, 0.3) is 0 Å². The second-order valence-corrected chi connectivity index (χ2v) is 7.20. The van der Waals surface area contributed by atoms with Gasteiger partial charge in [-0.1, -0.05) is 34.5 Å². The van der Waals surface area contributed by atoms with Crippen molar-refractivity contribution in [2.24, 2.45) is 0 Å². The zero-order valence-corrected chi connectivity index (χ0v) is 14.5. The highest BCUT2D eigenvalue weighted by Crippen LogP contribution is 2.36. The summed E-state index contributed by atoms with van der Waals surface area (Å²) in [5.41, 5.74) is 1.96. The van der Waals surface area contributed by atoms with Gasteiger partial charge in [-0.3, -0.25) is 0 Å². The van der Waals surface area contributed by atoms with Crippen LogP contribution in [0.15, 0.2) is 28.7 Å². The van der Waals surface area contributed by atoms with Crippen LogP contribution in [0.3, 0.4) is 0 Å². The highest BCUT2D eigenvalue weighted by Gasteiger charge is 2.19. The van der Waals surface area contributed by atoms with Gasteiger partial charge in [0.2, 0.25) is 0 Å². The average Bonchev–Trinajstić information content (AvgIpc) is 2.74. The van der Waals surface area contributed by atoms with Gasteiger partial charge in [0.1, 0.15) is 5.82 Å². The number of halogens is 3. The summed E-state index contributed by atoms with van der Waals surface area (Å²) in [6.45, 7) is 4.96. The van der Waals surface area contributed by atoms with Gasteiger partial charge < -0.3 is 5.32 Å². The lowest BCUT2D eigenvalue weighted by atomic mass is 10.0. The third-order valence-corrected chi connectivity index (χ3v) is 5.37. The first kappa shape index (κ1) is 16.0. The molecule has 108 valence electrons. The van der Waals surface area contributed by atoms with Crippen molar-refractivity contribution in [1.29, 1.82) is 0 Å². The van der Waals surface area contributed by atoms with Crippen molar-refractivity contribution in [3.63, 3.8) is 0 Å². The lowest BCUT2D eigenvalue weighted by Gasteiger charge is -2.19. The highest BCUT2D eigenvalue weighted by molar-refractivity contribution is 9.10. The first-order valence-corrected chi connectivity index (χ1v) is 8.45. The van der Waals surface area contributed by atoms with Crippen LogP contribution in [-0.4, -0.2) is 6.54 Å². The number of hydrogen-bond donors (Lipinski definition) is 1. The second kappa shape index (κ2) is 7.03. The van der Waals surface area contributed by atoms with Crippen LogP contribution >= 0.6 is 38.9 Å². The van der Waals surface area contributed by atoms with Crippen LogP contribution in [0, 0.1) is 12.7 Å². The molecule has 20 heavy (non-hydrogen) atoms. The molecule has 1 aromatic carbocycles. The summed E-state index contributed by atoms with van der Waals surface area (Å²) in [4.78, 5) is 1.10. The molecule has 5 heteroatoms. The molecule has 1 heterocycles. The van der Waals surface area contributed by atoms with E-state index in [1.54, 1.807) is 23.5 Å². The molecule has 0 amide bonds. The van der Waals surface area contributed by atoms with Crippen LogP contribution in [0.1, 0.15) is 35.4 Å². The number of nitrogens with one attached hydrogen (secondary N) is 1. The zero-order valence-electron chi connectivity index (χ0n) is 11.3. The molecule has 0 bridgehead atoms. The van der Waals surface area contributed by atoms with Gasteiger partial charge in [0.05, 0.1) is 10.4 Å². The Morgan fingerprint density at radius 1 is 1.40 bits per heavy atom. The van der Waals surface area contributed by atoms with E-state index in [4.69, 9.17) is 11.6 Å². The maximum atomic E-state index is 13.6. The Balaban J connectivity index is 2.43. The predicted octanol–water partition coefficient (Wildman–Crippen LogP) is 5.70. The quantitative estimate of drug-likeness (QED) is 0.705. The minimum atomic E-state index is -0.231. The van der Waals surface area contributed by atoms with E-state index in [-0.39, 0.29) is 11.9 Å². The molecule has 1 unspecified atom stereocenters. The number of hydrogen-bond acceptors (Lipinski definition) is 2. The fraction of sp³-hybridized carbons (Fsp3) is 0.333. The third-order valence-electron chi connectivity index (χ3n) is 3.03.